The molecule has 6 heteroatoms. The molecule has 0 saturated carbocycles. The monoisotopic (exact) mass is 284 g/mol. The highest BCUT2D eigenvalue weighted by molar-refractivity contribution is 6.31. The zero-order valence-electron chi connectivity index (χ0n) is 11.6. The van der Waals surface area contributed by atoms with Crippen LogP contribution in [0.2, 0.25) is 5.02 Å². The van der Waals surface area contributed by atoms with Crippen LogP contribution in [0, 0.1) is 0 Å². The molecule has 19 heavy (non-hydrogen) atoms. The number of methoxy groups -OCH3 is 1. The Morgan fingerprint density at radius 3 is 2.79 bits per heavy atom. The standard InChI is InChI=1S/C13H21ClN4O/c1-10(9-19-3)16-13(17-15)18(2)8-11-6-4-5-7-12(11)14/h4-7,10H,8-9,15H2,1-3H3,(H,16,17). The molecule has 0 aliphatic carbocycles. The van der Waals surface area contributed by atoms with Crippen LogP contribution in [-0.4, -0.2) is 37.7 Å². The molecular weight excluding hydrogens is 264 g/mol. The summed E-state index contributed by atoms with van der Waals surface area (Å²) in [4.78, 5) is 6.36. The first-order valence-corrected chi connectivity index (χ1v) is 6.44. The summed E-state index contributed by atoms with van der Waals surface area (Å²) in [5, 5.41) is 0.732. The predicted molar refractivity (Wildman–Crippen MR) is 79.0 cm³/mol. The first kappa shape index (κ1) is 15.8. The maximum absolute atomic E-state index is 6.13. The number of guanidine groups is 1. The van der Waals surface area contributed by atoms with Crippen molar-refractivity contribution in [1.82, 2.24) is 10.3 Å². The van der Waals surface area contributed by atoms with E-state index in [-0.39, 0.29) is 6.04 Å². The van der Waals surface area contributed by atoms with Crippen LogP contribution in [0.5, 0.6) is 0 Å². The number of nitrogens with zero attached hydrogens (tertiary/aromatic N) is 2. The van der Waals surface area contributed by atoms with Crippen LogP contribution in [-0.2, 0) is 11.3 Å². The second-order valence-electron chi connectivity index (χ2n) is 4.35. The number of aliphatic imine (C=N–C) groups is 1. The van der Waals surface area contributed by atoms with E-state index in [2.05, 4.69) is 10.4 Å². The Labute approximate surface area is 119 Å². The third kappa shape index (κ3) is 5.06. The van der Waals surface area contributed by atoms with E-state index in [9.17, 15) is 0 Å². The summed E-state index contributed by atoms with van der Waals surface area (Å²) in [5.41, 5.74) is 3.63. The van der Waals surface area contributed by atoms with Gasteiger partial charge in [0.05, 0.1) is 12.6 Å². The molecule has 1 aromatic rings. The zero-order chi connectivity index (χ0) is 14.3. The molecule has 5 nitrogen and oxygen atoms in total. The Bertz CT molecular complexity index is 425. The number of nitrogens with one attached hydrogen (secondary N) is 1. The predicted octanol–water partition coefficient (Wildman–Crippen LogP) is 1.63. The van der Waals surface area contributed by atoms with Gasteiger partial charge < -0.3 is 9.64 Å². The summed E-state index contributed by atoms with van der Waals surface area (Å²) in [6.45, 7) is 3.14. The highest BCUT2D eigenvalue weighted by Gasteiger charge is 2.09. The van der Waals surface area contributed by atoms with Crippen molar-refractivity contribution in [2.45, 2.75) is 19.5 Å². The first-order chi connectivity index (χ1) is 9.08. The molecule has 0 amide bonds. The van der Waals surface area contributed by atoms with E-state index in [1.54, 1.807) is 7.11 Å². The molecule has 0 heterocycles. The van der Waals surface area contributed by atoms with Crippen molar-refractivity contribution in [3.05, 3.63) is 34.9 Å². The van der Waals surface area contributed by atoms with Crippen molar-refractivity contribution in [3.63, 3.8) is 0 Å². The molecule has 1 atom stereocenters. The van der Waals surface area contributed by atoms with Gasteiger partial charge in [-0.2, -0.15) is 0 Å². The fourth-order valence-electron chi connectivity index (χ4n) is 1.69. The lowest BCUT2D eigenvalue weighted by Gasteiger charge is -2.22. The second kappa shape index (κ2) is 7.99. The maximum Gasteiger partial charge on any atom is 0.208 e. The number of benzene rings is 1. The van der Waals surface area contributed by atoms with Crippen molar-refractivity contribution in [3.8, 4) is 0 Å². The lowest BCUT2D eigenvalue weighted by Crippen LogP contribution is -2.43. The van der Waals surface area contributed by atoms with E-state index in [0.29, 0.717) is 19.1 Å². The smallest absolute Gasteiger partial charge is 0.208 e. The van der Waals surface area contributed by atoms with E-state index in [0.717, 1.165) is 10.6 Å². The van der Waals surface area contributed by atoms with E-state index >= 15 is 0 Å². The molecule has 1 rings (SSSR count). The largest absolute Gasteiger partial charge is 0.382 e. The van der Waals surface area contributed by atoms with Crippen LogP contribution in [0.25, 0.3) is 0 Å². The molecule has 0 saturated heterocycles. The zero-order valence-corrected chi connectivity index (χ0v) is 12.3. The van der Waals surface area contributed by atoms with Gasteiger partial charge in [-0.3, -0.25) is 5.43 Å². The molecular formula is C13H21ClN4O. The van der Waals surface area contributed by atoms with E-state index in [1.807, 2.05) is 43.1 Å². The SMILES string of the molecule is COCC(C)N=C(NN)N(C)Cc1ccccc1Cl. The van der Waals surface area contributed by atoms with Crippen LogP contribution < -0.4 is 11.3 Å². The average Bonchev–Trinajstić information content (AvgIpc) is 2.39. The molecule has 106 valence electrons. The van der Waals surface area contributed by atoms with Gasteiger partial charge in [-0.05, 0) is 18.6 Å². The van der Waals surface area contributed by atoms with Gasteiger partial charge in [0, 0.05) is 25.7 Å². The topological polar surface area (TPSA) is 62.9 Å². The highest BCUT2D eigenvalue weighted by Crippen LogP contribution is 2.16. The first-order valence-electron chi connectivity index (χ1n) is 6.06. The molecule has 0 aromatic heterocycles. The number of halogens is 1. The van der Waals surface area contributed by atoms with Gasteiger partial charge in [-0.1, -0.05) is 29.8 Å². The van der Waals surface area contributed by atoms with Gasteiger partial charge in [0.1, 0.15) is 0 Å². The second-order valence-corrected chi connectivity index (χ2v) is 4.76. The third-order valence-corrected chi connectivity index (χ3v) is 2.98. The normalized spacial score (nSPS) is 13.2. The van der Waals surface area contributed by atoms with Gasteiger partial charge in [0.2, 0.25) is 5.96 Å². The minimum Gasteiger partial charge on any atom is -0.382 e. The summed E-state index contributed by atoms with van der Waals surface area (Å²) >= 11 is 6.13. The van der Waals surface area contributed by atoms with Crippen molar-refractivity contribution in [2.75, 3.05) is 20.8 Å². The van der Waals surface area contributed by atoms with E-state index < -0.39 is 0 Å². The summed E-state index contributed by atoms with van der Waals surface area (Å²) in [6, 6.07) is 7.74. The van der Waals surface area contributed by atoms with Crippen molar-refractivity contribution < 1.29 is 4.74 Å². The number of ether oxygens (including phenoxy) is 1. The molecule has 0 fully saturated rings. The highest BCUT2D eigenvalue weighted by atomic mass is 35.5. The minimum atomic E-state index is 0.0322. The molecule has 0 bridgehead atoms. The molecule has 0 aliphatic rings. The Balaban J connectivity index is 2.74. The molecule has 1 aromatic carbocycles. The van der Waals surface area contributed by atoms with Crippen molar-refractivity contribution in [1.29, 1.82) is 0 Å². The lowest BCUT2D eigenvalue weighted by molar-refractivity contribution is 0.185. The van der Waals surface area contributed by atoms with Crippen LogP contribution in [0.15, 0.2) is 29.3 Å². The summed E-state index contributed by atoms with van der Waals surface area (Å²) in [7, 11) is 3.55. The van der Waals surface area contributed by atoms with E-state index in [1.165, 1.54) is 0 Å². The molecule has 0 aliphatic heterocycles. The van der Waals surface area contributed by atoms with Gasteiger partial charge in [0.25, 0.3) is 0 Å². The third-order valence-electron chi connectivity index (χ3n) is 2.61. The van der Waals surface area contributed by atoms with Gasteiger partial charge >= 0.3 is 0 Å². The van der Waals surface area contributed by atoms with Crippen LogP contribution >= 0.6 is 11.6 Å². The number of hydrogen-bond donors (Lipinski definition) is 2. The van der Waals surface area contributed by atoms with Gasteiger partial charge in [-0.25, -0.2) is 10.8 Å². The summed E-state index contributed by atoms with van der Waals surface area (Å²) in [6.07, 6.45) is 0. The molecule has 0 spiro atoms. The van der Waals surface area contributed by atoms with Gasteiger partial charge in [0.15, 0.2) is 0 Å². The Kier molecular flexibility index (Phi) is 6.62. The van der Waals surface area contributed by atoms with Crippen molar-refractivity contribution in [2.24, 2.45) is 10.8 Å². The van der Waals surface area contributed by atoms with Crippen LogP contribution in [0.4, 0.5) is 0 Å². The number of hydrogen-bond acceptors (Lipinski definition) is 3. The molecule has 1 unspecified atom stereocenters. The van der Waals surface area contributed by atoms with Crippen LogP contribution in [0.1, 0.15) is 12.5 Å². The summed E-state index contributed by atoms with van der Waals surface area (Å²) in [5.74, 6) is 6.11. The fourth-order valence-corrected chi connectivity index (χ4v) is 1.89. The fraction of sp³-hybridized carbons (Fsp3) is 0.462. The maximum atomic E-state index is 6.13. The number of nitrogens with two attached hydrogens (primary N) is 1. The number of rotatable bonds is 5. The average molecular weight is 285 g/mol. The number of hydrazine groups is 1. The lowest BCUT2D eigenvalue weighted by atomic mass is 10.2. The Hall–Kier alpha value is -1.30. The Morgan fingerprint density at radius 2 is 2.21 bits per heavy atom. The molecule has 0 radical (unpaired) electrons. The van der Waals surface area contributed by atoms with Crippen LogP contribution in [0.3, 0.4) is 0 Å². The van der Waals surface area contributed by atoms with Gasteiger partial charge in [-0.15, -0.1) is 0 Å². The molecule has 3 N–H and O–H groups in total. The van der Waals surface area contributed by atoms with Crippen molar-refractivity contribution >= 4 is 17.6 Å². The van der Waals surface area contributed by atoms with E-state index in [4.69, 9.17) is 22.2 Å². The summed E-state index contributed by atoms with van der Waals surface area (Å²) < 4.78 is 5.05. The Morgan fingerprint density at radius 1 is 1.53 bits per heavy atom. The minimum absolute atomic E-state index is 0.0322. The quantitative estimate of drug-likeness (QED) is 0.373.